The molecule has 4 heterocycles. The monoisotopic (exact) mass is 907 g/mol. The van der Waals surface area contributed by atoms with Crippen LogP contribution in [-0.2, 0) is 6.18 Å². The van der Waals surface area contributed by atoms with Gasteiger partial charge in [-0.1, -0.05) is 121 Å². The van der Waals surface area contributed by atoms with E-state index in [0.717, 1.165) is 98.6 Å². The van der Waals surface area contributed by atoms with Crippen LogP contribution in [0.3, 0.4) is 0 Å². The number of halogens is 3. The summed E-state index contributed by atoms with van der Waals surface area (Å²) in [5.41, 5.74) is 11.4. The molecule has 330 valence electrons. The van der Waals surface area contributed by atoms with Crippen molar-refractivity contribution in [3.05, 3.63) is 235 Å². The quantitative estimate of drug-likeness (QED) is 0.154. The van der Waals surface area contributed by atoms with Gasteiger partial charge in [0.1, 0.15) is 0 Å². The largest absolute Gasteiger partial charge is 0.416 e. The number of rotatable bonds is 5. The van der Waals surface area contributed by atoms with Crippen LogP contribution >= 0.6 is 0 Å². The Labute approximate surface area is 398 Å². The van der Waals surface area contributed by atoms with Crippen molar-refractivity contribution in [1.29, 1.82) is 0 Å². The summed E-state index contributed by atoms with van der Waals surface area (Å²) in [5.74, 6) is 0. The van der Waals surface area contributed by atoms with Gasteiger partial charge in [-0.3, -0.25) is 0 Å². The summed E-state index contributed by atoms with van der Waals surface area (Å²) in [4.78, 5) is 3.87. The van der Waals surface area contributed by atoms with Crippen molar-refractivity contribution in [2.24, 2.45) is 0 Å². The van der Waals surface area contributed by atoms with Crippen LogP contribution in [0.2, 0.25) is 0 Å². The van der Waals surface area contributed by atoms with Gasteiger partial charge >= 0.3 is 6.18 Å². The molecule has 0 aliphatic carbocycles. The van der Waals surface area contributed by atoms with E-state index in [4.69, 9.17) is 6.57 Å². The van der Waals surface area contributed by atoms with E-state index >= 15 is 13.2 Å². The molecular formula is C62H36F3N5. The SMILES string of the molecule is [C-]#[N+]c1ccc(-c2cc(C(F)(F)F)ccc2-n2c3ccccc3c3cc(-n4c5ccccc5c5ccccc54)ccc32)c(-n2c3ccccc3c3cc(-n4c5ccccc5c5ccccc54)ccc32)c1. The summed E-state index contributed by atoms with van der Waals surface area (Å²) in [6.45, 7) is 8.18. The number of para-hydroxylation sites is 6. The Balaban J connectivity index is 1.02. The number of alkyl halides is 3. The molecule has 10 aromatic carbocycles. The third kappa shape index (κ3) is 5.72. The minimum absolute atomic E-state index is 0.370. The topological polar surface area (TPSA) is 24.1 Å². The van der Waals surface area contributed by atoms with Crippen molar-refractivity contribution in [2.75, 3.05) is 0 Å². The molecule has 4 aromatic heterocycles. The second-order valence-corrected chi connectivity index (χ2v) is 17.9. The van der Waals surface area contributed by atoms with Gasteiger partial charge in [-0.25, -0.2) is 4.85 Å². The van der Waals surface area contributed by atoms with Gasteiger partial charge in [0.15, 0.2) is 5.69 Å². The maximum absolute atomic E-state index is 15.1. The first-order valence-electron chi connectivity index (χ1n) is 23.1. The summed E-state index contributed by atoms with van der Waals surface area (Å²) >= 11 is 0. The Bertz CT molecular complexity index is 4450. The Kier molecular flexibility index (Phi) is 8.44. The first kappa shape index (κ1) is 39.8. The van der Waals surface area contributed by atoms with Crippen molar-refractivity contribution in [3.8, 4) is 33.9 Å². The van der Waals surface area contributed by atoms with Gasteiger partial charge in [0.05, 0.1) is 62.0 Å². The Morgan fingerprint density at radius 2 is 0.686 bits per heavy atom. The normalized spacial score (nSPS) is 12.2. The predicted molar refractivity (Wildman–Crippen MR) is 280 cm³/mol. The molecule has 0 atom stereocenters. The zero-order valence-corrected chi connectivity index (χ0v) is 37.2. The molecule has 14 rings (SSSR count). The van der Waals surface area contributed by atoms with Crippen molar-refractivity contribution in [2.45, 2.75) is 6.18 Å². The van der Waals surface area contributed by atoms with Crippen LogP contribution in [-0.4, -0.2) is 18.3 Å². The lowest BCUT2D eigenvalue weighted by Crippen LogP contribution is -2.08. The van der Waals surface area contributed by atoms with E-state index in [9.17, 15) is 0 Å². The number of hydrogen-bond acceptors (Lipinski definition) is 0. The van der Waals surface area contributed by atoms with E-state index in [0.29, 0.717) is 28.2 Å². The Morgan fingerprint density at radius 1 is 0.314 bits per heavy atom. The van der Waals surface area contributed by atoms with Gasteiger partial charge in [-0.2, -0.15) is 13.2 Å². The smallest absolute Gasteiger partial charge is 0.310 e. The summed E-state index contributed by atoms with van der Waals surface area (Å²) < 4.78 is 54.0. The average molecular weight is 908 g/mol. The highest BCUT2D eigenvalue weighted by molar-refractivity contribution is 6.15. The summed E-state index contributed by atoms with van der Waals surface area (Å²) in [7, 11) is 0. The van der Waals surface area contributed by atoms with Gasteiger partial charge in [0.2, 0.25) is 0 Å². The van der Waals surface area contributed by atoms with Gasteiger partial charge < -0.3 is 18.3 Å². The molecular weight excluding hydrogens is 872 g/mol. The lowest BCUT2D eigenvalue weighted by Gasteiger charge is -2.20. The highest BCUT2D eigenvalue weighted by atomic mass is 19.4. The fourth-order valence-electron chi connectivity index (χ4n) is 11.2. The maximum Gasteiger partial charge on any atom is 0.416 e. The minimum Gasteiger partial charge on any atom is -0.310 e. The molecule has 70 heavy (non-hydrogen) atoms. The van der Waals surface area contributed by atoms with Crippen molar-refractivity contribution < 1.29 is 13.2 Å². The lowest BCUT2D eigenvalue weighted by atomic mass is 9.97. The van der Waals surface area contributed by atoms with E-state index < -0.39 is 11.7 Å². The molecule has 8 heteroatoms. The molecule has 0 radical (unpaired) electrons. The van der Waals surface area contributed by atoms with E-state index in [2.05, 4.69) is 169 Å². The molecule has 0 spiro atoms. The fraction of sp³-hybridized carbons (Fsp3) is 0.0161. The van der Waals surface area contributed by atoms with Crippen LogP contribution in [0.15, 0.2) is 218 Å². The van der Waals surface area contributed by atoms with Crippen LogP contribution in [0.5, 0.6) is 0 Å². The standard InChI is InChI=1S/C62H36F3N5/c1-66-39-27-30-48(61(35-39)70-57-25-13-7-19-47(57)51-37-41(29-33-60(51)70)68-54-22-10-4-16-44(54)45-17-5-11-23-55(45)68)49-34-38(62(63,64)65)26-31-58(49)69-56-24-12-6-18-46(56)50-36-40(28-32-59(50)69)67-52-20-8-2-14-42(52)43-15-3-9-21-53(43)67/h2-37H. The van der Waals surface area contributed by atoms with Crippen LogP contribution in [0, 0.1) is 6.57 Å². The highest BCUT2D eigenvalue weighted by Crippen LogP contribution is 2.45. The number of aromatic nitrogens is 4. The minimum atomic E-state index is -4.63. The number of benzene rings is 10. The summed E-state index contributed by atoms with van der Waals surface area (Å²) in [6, 6.07) is 71.9. The van der Waals surface area contributed by atoms with Crippen LogP contribution in [0.25, 0.3) is 126 Å². The van der Waals surface area contributed by atoms with Crippen molar-refractivity contribution >= 4 is 92.9 Å². The molecule has 5 nitrogen and oxygen atoms in total. The van der Waals surface area contributed by atoms with Crippen molar-refractivity contribution in [1.82, 2.24) is 18.3 Å². The van der Waals surface area contributed by atoms with Crippen LogP contribution < -0.4 is 0 Å². The molecule has 0 saturated heterocycles. The molecule has 0 fully saturated rings. The van der Waals surface area contributed by atoms with Crippen LogP contribution in [0.4, 0.5) is 18.9 Å². The Morgan fingerprint density at radius 3 is 1.10 bits per heavy atom. The first-order chi connectivity index (χ1) is 34.3. The van der Waals surface area contributed by atoms with Crippen LogP contribution in [0.1, 0.15) is 5.56 Å². The molecule has 0 N–H and O–H groups in total. The number of nitrogens with zero attached hydrogens (tertiary/aromatic N) is 5. The predicted octanol–water partition coefficient (Wildman–Crippen LogP) is 17.3. The van der Waals surface area contributed by atoms with E-state index in [1.807, 2.05) is 48.5 Å². The second kappa shape index (κ2) is 14.8. The number of hydrogen-bond donors (Lipinski definition) is 0. The maximum atomic E-state index is 15.1. The van der Waals surface area contributed by atoms with Gasteiger partial charge in [-0.05, 0) is 97.1 Å². The summed E-state index contributed by atoms with van der Waals surface area (Å²) in [6.07, 6.45) is -4.63. The zero-order chi connectivity index (χ0) is 46.8. The third-order valence-electron chi connectivity index (χ3n) is 14.2. The average Bonchev–Trinajstić information content (AvgIpc) is 4.13. The van der Waals surface area contributed by atoms with Gasteiger partial charge in [-0.15, -0.1) is 0 Å². The highest BCUT2D eigenvalue weighted by Gasteiger charge is 2.32. The van der Waals surface area contributed by atoms with E-state index in [-0.39, 0.29) is 0 Å². The first-order valence-corrected chi connectivity index (χ1v) is 23.1. The second-order valence-electron chi connectivity index (χ2n) is 17.9. The molecule has 0 bridgehead atoms. The number of fused-ring (bicyclic) bond motifs is 12. The molecule has 0 aliphatic rings. The van der Waals surface area contributed by atoms with E-state index in [1.165, 1.54) is 12.1 Å². The van der Waals surface area contributed by atoms with Gasteiger partial charge in [0.25, 0.3) is 0 Å². The fourth-order valence-corrected chi connectivity index (χ4v) is 11.2. The Hall–Kier alpha value is -9.32. The molecule has 0 unspecified atom stereocenters. The van der Waals surface area contributed by atoms with Gasteiger partial charge in [0, 0.05) is 71.3 Å². The lowest BCUT2D eigenvalue weighted by molar-refractivity contribution is -0.137. The molecule has 14 aromatic rings. The summed E-state index contributed by atoms with van der Waals surface area (Å²) in [5, 5.41) is 8.50. The molecule has 0 aliphatic heterocycles. The molecule has 0 amide bonds. The molecule has 0 saturated carbocycles. The van der Waals surface area contributed by atoms with Crippen molar-refractivity contribution in [3.63, 3.8) is 0 Å². The zero-order valence-electron chi connectivity index (χ0n) is 37.2. The third-order valence-corrected chi connectivity index (χ3v) is 14.2. The van der Waals surface area contributed by atoms with E-state index in [1.54, 1.807) is 12.1 Å².